The Morgan fingerprint density at radius 3 is 2.48 bits per heavy atom. The van der Waals surface area contributed by atoms with Crippen LogP contribution in [0.15, 0.2) is 41.3 Å². The van der Waals surface area contributed by atoms with Crippen LogP contribution in [0.3, 0.4) is 0 Å². The first-order chi connectivity index (χ1) is 13.0. The molecule has 5 nitrogen and oxygen atoms in total. The van der Waals surface area contributed by atoms with E-state index in [1.54, 1.807) is 16.4 Å². The summed E-state index contributed by atoms with van der Waals surface area (Å²) in [5.74, 6) is 0. The van der Waals surface area contributed by atoms with Crippen molar-refractivity contribution in [2.24, 2.45) is 0 Å². The van der Waals surface area contributed by atoms with Crippen molar-refractivity contribution < 1.29 is 13.2 Å². The molecule has 1 aromatic carbocycles. The number of piperazine rings is 1. The Balaban J connectivity index is 1.34. The van der Waals surface area contributed by atoms with Crippen molar-refractivity contribution in [3.8, 4) is 0 Å². The summed E-state index contributed by atoms with van der Waals surface area (Å²) in [7, 11) is -3.39. The Kier molecular flexibility index (Phi) is 5.66. The highest BCUT2D eigenvalue weighted by Crippen LogP contribution is 2.33. The molecule has 2 aliphatic heterocycles. The van der Waals surface area contributed by atoms with Crippen molar-refractivity contribution in [2.45, 2.75) is 37.3 Å². The normalized spacial score (nSPS) is 22.3. The van der Waals surface area contributed by atoms with Gasteiger partial charge in [0.1, 0.15) is 0 Å². The molecule has 0 amide bonds. The van der Waals surface area contributed by atoms with Crippen LogP contribution in [-0.4, -0.2) is 50.4 Å². The average molecular weight is 407 g/mol. The largest absolute Gasteiger partial charge is 0.373 e. The van der Waals surface area contributed by atoms with E-state index in [-0.39, 0.29) is 6.10 Å². The van der Waals surface area contributed by atoms with Crippen LogP contribution < -0.4 is 0 Å². The van der Waals surface area contributed by atoms with E-state index in [1.807, 2.05) is 30.4 Å². The van der Waals surface area contributed by atoms with Crippen molar-refractivity contribution >= 4 is 21.4 Å². The topological polar surface area (TPSA) is 49.9 Å². The molecule has 1 atom stereocenters. The maximum atomic E-state index is 12.8. The summed E-state index contributed by atoms with van der Waals surface area (Å²) in [6, 6.07) is 11.5. The number of aryl methyl sites for hydroxylation is 1. The minimum atomic E-state index is -3.39. The first-order valence-electron chi connectivity index (χ1n) is 9.52. The molecule has 146 valence electrons. The monoisotopic (exact) mass is 406 g/mol. The van der Waals surface area contributed by atoms with E-state index in [2.05, 4.69) is 17.0 Å². The highest BCUT2D eigenvalue weighted by atomic mass is 32.2. The fourth-order valence-electron chi connectivity index (χ4n) is 3.66. The lowest BCUT2D eigenvalue weighted by Crippen LogP contribution is -2.48. The van der Waals surface area contributed by atoms with Gasteiger partial charge in [-0.05, 0) is 44.0 Å². The van der Waals surface area contributed by atoms with Crippen molar-refractivity contribution in [1.29, 1.82) is 0 Å². The fourth-order valence-corrected chi connectivity index (χ4v) is 6.22. The van der Waals surface area contributed by atoms with E-state index >= 15 is 0 Å². The van der Waals surface area contributed by atoms with Gasteiger partial charge in [-0.1, -0.05) is 17.7 Å². The van der Waals surface area contributed by atoms with Gasteiger partial charge in [-0.2, -0.15) is 4.31 Å². The first-order valence-corrected chi connectivity index (χ1v) is 11.8. The van der Waals surface area contributed by atoms with E-state index in [0.29, 0.717) is 18.0 Å². The third-order valence-corrected chi connectivity index (χ3v) is 8.37. The number of hydrogen-bond donors (Lipinski definition) is 0. The lowest BCUT2D eigenvalue weighted by Gasteiger charge is -2.33. The van der Waals surface area contributed by atoms with Gasteiger partial charge in [-0.15, -0.1) is 11.3 Å². The maximum absolute atomic E-state index is 12.8. The van der Waals surface area contributed by atoms with Crippen LogP contribution in [0.5, 0.6) is 0 Å². The molecule has 2 fully saturated rings. The molecule has 4 rings (SSSR count). The quantitative estimate of drug-likeness (QED) is 0.764. The summed E-state index contributed by atoms with van der Waals surface area (Å²) in [6.45, 7) is 6.33. The number of hydrogen-bond acceptors (Lipinski definition) is 5. The SMILES string of the molecule is Cc1ccc(S(=O)(=O)N2CCN(Cc3ccc(C4CCCO4)s3)CC2)cc1. The molecular weight excluding hydrogens is 380 g/mol. The van der Waals surface area contributed by atoms with E-state index in [1.165, 1.54) is 9.75 Å². The summed E-state index contributed by atoms with van der Waals surface area (Å²) >= 11 is 1.83. The van der Waals surface area contributed by atoms with Gasteiger partial charge in [0.05, 0.1) is 11.0 Å². The molecule has 0 spiro atoms. The third kappa shape index (κ3) is 4.27. The summed E-state index contributed by atoms with van der Waals surface area (Å²) in [5.41, 5.74) is 1.07. The summed E-state index contributed by atoms with van der Waals surface area (Å²) in [6.07, 6.45) is 2.55. The molecule has 27 heavy (non-hydrogen) atoms. The van der Waals surface area contributed by atoms with Gasteiger partial charge in [0, 0.05) is 49.1 Å². The van der Waals surface area contributed by atoms with Crippen LogP contribution in [0.4, 0.5) is 0 Å². The van der Waals surface area contributed by atoms with Crippen LogP contribution in [0, 0.1) is 6.92 Å². The predicted molar refractivity (Wildman–Crippen MR) is 107 cm³/mol. The number of rotatable bonds is 5. The third-order valence-electron chi connectivity index (χ3n) is 5.30. The zero-order valence-electron chi connectivity index (χ0n) is 15.6. The first kappa shape index (κ1) is 19.1. The second-order valence-corrected chi connectivity index (χ2v) is 10.4. The van der Waals surface area contributed by atoms with Crippen molar-refractivity contribution in [3.05, 3.63) is 51.7 Å². The van der Waals surface area contributed by atoms with Crippen LogP contribution in [-0.2, 0) is 21.3 Å². The molecular formula is C20H26N2O3S2. The van der Waals surface area contributed by atoms with Gasteiger partial charge in [-0.3, -0.25) is 4.90 Å². The van der Waals surface area contributed by atoms with E-state index in [0.717, 1.165) is 44.6 Å². The van der Waals surface area contributed by atoms with E-state index < -0.39 is 10.0 Å². The Morgan fingerprint density at radius 2 is 1.81 bits per heavy atom. The molecule has 0 radical (unpaired) electrons. The van der Waals surface area contributed by atoms with Crippen molar-refractivity contribution in [2.75, 3.05) is 32.8 Å². The Morgan fingerprint density at radius 1 is 1.07 bits per heavy atom. The van der Waals surface area contributed by atoms with Gasteiger partial charge < -0.3 is 4.74 Å². The molecule has 2 saturated heterocycles. The van der Waals surface area contributed by atoms with E-state index in [9.17, 15) is 8.42 Å². The molecule has 0 N–H and O–H groups in total. The van der Waals surface area contributed by atoms with Crippen LogP contribution in [0.2, 0.25) is 0 Å². The van der Waals surface area contributed by atoms with Crippen LogP contribution in [0.25, 0.3) is 0 Å². The second kappa shape index (κ2) is 8.01. The zero-order chi connectivity index (χ0) is 18.9. The number of thiophene rings is 1. The molecule has 0 saturated carbocycles. The minimum absolute atomic E-state index is 0.278. The minimum Gasteiger partial charge on any atom is -0.373 e. The summed E-state index contributed by atoms with van der Waals surface area (Å²) in [5, 5.41) is 0. The number of ether oxygens (including phenoxy) is 1. The zero-order valence-corrected chi connectivity index (χ0v) is 17.3. The molecule has 2 aliphatic rings. The van der Waals surface area contributed by atoms with Gasteiger partial charge in [0.15, 0.2) is 0 Å². The van der Waals surface area contributed by atoms with Gasteiger partial charge >= 0.3 is 0 Å². The van der Waals surface area contributed by atoms with E-state index in [4.69, 9.17) is 4.74 Å². The lowest BCUT2D eigenvalue weighted by molar-refractivity contribution is 0.114. The average Bonchev–Trinajstić information content (AvgIpc) is 3.34. The Hall–Kier alpha value is -1.25. The Bertz CT molecular complexity index is 863. The lowest BCUT2D eigenvalue weighted by atomic mass is 10.2. The number of sulfonamides is 1. The molecule has 3 heterocycles. The van der Waals surface area contributed by atoms with Crippen LogP contribution >= 0.6 is 11.3 Å². The van der Waals surface area contributed by atoms with Gasteiger partial charge in [0.2, 0.25) is 10.0 Å². The highest BCUT2D eigenvalue weighted by molar-refractivity contribution is 7.89. The number of benzene rings is 1. The molecule has 7 heteroatoms. The summed E-state index contributed by atoms with van der Waals surface area (Å²) < 4.78 is 33.0. The summed E-state index contributed by atoms with van der Waals surface area (Å²) in [4.78, 5) is 5.38. The molecule has 0 bridgehead atoms. The number of nitrogens with zero attached hydrogens (tertiary/aromatic N) is 2. The molecule has 1 aromatic heterocycles. The standard InChI is InChI=1S/C20H26N2O3S2/c1-16-4-7-18(8-5-16)27(23,24)22-12-10-21(11-13-22)15-17-6-9-20(26-17)19-3-2-14-25-19/h4-9,19H,2-3,10-15H2,1H3. The molecule has 1 unspecified atom stereocenters. The van der Waals surface area contributed by atoms with Crippen molar-refractivity contribution in [3.63, 3.8) is 0 Å². The van der Waals surface area contributed by atoms with Gasteiger partial charge in [0.25, 0.3) is 0 Å². The van der Waals surface area contributed by atoms with Crippen LogP contribution in [0.1, 0.15) is 34.3 Å². The molecule has 2 aromatic rings. The highest BCUT2D eigenvalue weighted by Gasteiger charge is 2.28. The fraction of sp³-hybridized carbons (Fsp3) is 0.500. The van der Waals surface area contributed by atoms with Crippen molar-refractivity contribution in [1.82, 2.24) is 9.21 Å². The maximum Gasteiger partial charge on any atom is 0.243 e. The molecule has 0 aliphatic carbocycles. The van der Waals surface area contributed by atoms with Gasteiger partial charge in [-0.25, -0.2) is 8.42 Å². The predicted octanol–water partition coefficient (Wildman–Crippen LogP) is 3.41. The Labute approximate surface area is 165 Å². The smallest absolute Gasteiger partial charge is 0.243 e. The second-order valence-electron chi connectivity index (χ2n) is 7.30.